The van der Waals surface area contributed by atoms with Gasteiger partial charge in [0.25, 0.3) is 5.56 Å². The summed E-state index contributed by atoms with van der Waals surface area (Å²) in [6.45, 7) is 6.14. The molecular formula is C32H35ClN2O7. The number of ketones is 1. The van der Waals surface area contributed by atoms with Crippen molar-refractivity contribution in [3.05, 3.63) is 86.8 Å². The number of aromatic nitrogens is 1. The van der Waals surface area contributed by atoms with Gasteiger partial charge in [-0.3, -0.25) is 9.59 Å². The molecule has 2 heterocycles. The van der Waals surface area contributed by atoms with Gasteiger partial charge < -0.3 is 23.6 Å². The molecule has 0 radical (unpaired) electrons. The quantitative estimate of drug-likeness (QED) is 0.264. The van der Waals surface area contributed by atoms with Crippen molar-refractivity contribution in [3.8, 4) is 16.9 Å². The number of halogens is 1. The number of esters is 1. The Hall–Kier alpha value is -3.95. The van der Waals surface area contributed by atoms with Gasteiger partial charge in [-0.2, -0.15) is 0 Å². The fourth-order valence-corrected chi connectivity index (χ4v) is 4.90. The van der Waals surface area contributed by atoms with Crippen molar-refractivity contribution in [2.75, 3.05) is 27.4 Å². The molecule has 0 aliphatic carbocycles. The molecule has 42 heavy (non-hydrogen) atoms. The fraction of sp³-hybridized carbons (Fsp3) is 0.375. The molecule has 1 unspecified atom stereocenters. The standard InChI is InChI=1S/C32H35ClN2O7/c1-32(2,3)42-31(38)21-8-6-20(7-9-21)16-28(36)27(13-14-39-4)35-19-29(40-5)25(18-30(35)37)24-17-22(33)10-11-23(24)26-12-15-41-34-26/h6-11,17-19,27H,12-16H2,1-5H3. The van der Waals surface area contributed by atoms with Crippen LogP contribution >= 0.6 is 11.6 Å². The number of benzene rings is 2. The number of Topliss-reactive ketones (excluding diaryl/α,β-unsaturated/α-hetero) is 1. The summed E-state index contributed by atoms with van der Waals surface area (Å²) >= 11 is 6.34. The predicted molar refractivity (Wildman–Crippen MR) is 161 cm³/mol. The smallest absolute Gasteiger partial charge is 0.338 e. The van der Waals surface area contributed by atoms with E-state index in [9.17, 15) is 14.4 Å². The Bertz CT molecular complexity index is 1540. The lowest BCUT2D eigenvalue weighted by Crippen LogP contribution is -2.31. The maximum Gasteiger partial charge on any atom is 0.338 e. The van der Waals surface area contributed by atoms with Crippen LogP contribution in [0.5, 0.6) is 5.75 Å². The SMILES string of the molecule is COCCC(C(=O)Cc1ccc(C(=O)OC(C)(C)C)cc1)n1cc(OC)c(-c2cc(Cl)ccc2C2=NOCC2)cc1=O. The lowest BCUT2D eigenvalue weighted by atomic mass is 9.95. The van der Waals surface area contributed by atoms with Crippen LogP contribution in [0.3, 0.4) is 0 Å². The number of methoxy groups -OCH3 is 2. The average Bonchev–Trinajstić information content (AvgIpc) is 3.48. The van der Waals surface area contributed by atoms with E-state index in [-0.39, 0.29) is 30.8 Å². The number of hydrogen-bond acceptors (Lipinski definition) is 8. The lowest BCUT2D eigenvalue weighted by Gasteiger charge is -2.21. The highest BCUT2D eigenvalue weighted by atomic mass is 35.5. The molecule has 0 bridgehead atoms. The molecule has 0 amide bonds. The van der Waals surface area contributed by atoms with Gasteiger partial charge in [-0.05, 0) is 62.6 Å². The number of rotatable bonds is 11. The van der Waals surface area contributed by atoms with Crippen LogP contribution in [-0.4, -0.2) is 55.1 Å². The second-order valence-corrected chi connectivity index (χ2v) is 11.4. The molecule has 3 aromatic rings. The van der Waals surface area contributed by atoms with E-state index in [1.54, 1.807) is 70.5 Å². The van der Waals surface area contributed by atoms with Crippen molar-refractivity contribution >= 4 is 29.1 Å². The third-order valence-corrected chi connectivity index (χ3v) is 6.96. The molecule has 0 spiro atoms. The van der Waals surface area contributed by atoms with Crippen LogP contribution in [0.15, 0.2) is 64.7 Å². The number of carbonyl (C=O) groups excluding carboxylic acids is 2. The van der Waals surface area contributed by atoms with E-state index < -0.39 is 17.6 Å². The van der Waals surface area contributed by atoms with E-state index in [0.717, 1.165) is 11.3 Å². The molecule has 0 N–H and O–H groups in total. The van der Waals surface area contributed by atoms with E-state index in [1.165, 1.54) is 17.7 Å². The van der Waals surface area contributed by atoms with Crippen molar-refractivity contribution in [2.24, 2.45) is 5.16 Å². The zero-order valence-corrected chi connectivity index (χ0v) is 25.2. The Morgan fingerprint density at radius 2 is 1.79 bits per heavy atom. The number of pyridine rings is 1. The molecule has 1 aliphatic heterocycles. The highest BCUT2D eigenvalue weighted by Gasteiger charge is 2.25. The Morgan fingerprint density at radius 3 is 2.40 bits per heavy atom. The highest BCUT2D eigenvalue weighted by molar-refractivity contribution is 6.31. The molecule has 1 aromatic heterocycles. The molecule has 0 saturated carbocycles. The van der Waals surface area contributed by atoms with Crippen molar-refractivity contribution in [1.82, 2.24) is 4.57 Å². The minimum absolute atomic E-state index is 0.0533. The summed E-state index contributed by atoms with van der Waals surface area (Å²) in [4.78, 5) is 44.8. The third kappa shape index (κ3) is 7.46. The Kier molecular flexibility index (Phi) is 9.85. The number of oxime groups is 1. The van der Waals surface area contributed by atoms with Gasteiger partial charge in [-0.1, -0.05) is 35.0 Å². The topological polar surface area (TPSA) is 105 Å². The predicted octanol–water partition coefficient (Wildman–Crippen LogP) is 5.65. The summed E-state index contributed by atoms with van der Waals surface area (Å²) in [6.07, 6.45) is 2.52. The van der Waals surface area contributed by atoms with Crippen LogP contribution < -0.4 is 10.3 Å². The fourth-order valence-electron chi connectivity index (χ4n) is 4.73. The van der Waals surface area contributed by atoms with Gasteiger partial charge in [0, 0.05) is 48.8 Å². The highest BCUT2D eigenvalue weighted by Crippen LogP contribution is 2.35. The molecular weight excluding hydrogens is 560 g/mol. The minimum atomic E-state index is -0.808. The Labute approximate surface area is 250 Å². The first-order chi connectivity index (χ1) is 20.0. The molecule has 1 atom stereocenters. The first-order valence-corrected chi connectivity index (χ1v) is 14.0. The number of carbonyl (C=O) groups is 2. The molecule has 9 nitrogen and oxygen atoms in total. The van der Waals surface area contributed by atoms with Crippen molar-refractivity contribution in [3.63, 3.8) is 0 Å². The molecule has 2 aromatic carbocycles. The van der Waals surface area contributed by atoms with Gasteiger partial charge in [-0.25, -0.2) is 4.79 Å². The van der Waals surface area contributed by atoms with Crippen LogP contribution in [0, 0.1) is 0 Å². The summed E-state index contributed by atoms with van der Waals surface area (Å²) in [5, 5.41) is 4.63. The van der Waals surface area contributed by atoms with Gasteiger partial charge >= 0.3 is 5.97 Å². The van der Waals surface area contributed by atoms with Crippen LogP contribution in [-0.2, 0) is 25.5 Å². The monoisotopic (exact) mass is 594 g/mol. The largest absolute Gasteiger partial charge is 0.495 e. The summed E-state index contributed by atoms with van der Waals surface area (Å²) in [6, 6.07) is 12.7. The maximum absolute atomic E-state index is 13.6. The summed E-state index contributed by atoms with van der Waals surface area (Å²) in [5.41, 5.74) is 2.85. The second-order valence-electron chi connectivity index (χ2n) is 11.0. The molecule has 0 saturated heterocycles. The van der Waals surface area contributed by atoms with E-state index in [2.05, 4.69) is 5.16 Å². The Morgan fingerprint density at radius 1 is 1.05 bits per heavy atom. The van der Waals surface area contributed by atoms with Gasteiger partial charge in [0.05, 0.1) is 30.6 Å². The van der Waals surface area contributed by atoms with Crippen LogP contribution in [0.2, 0.25) is 5.02 Å². The van der Waals surface area contributed by atoms with Crippen molar-refractivity contribution < 1.29 is 28.6 Å². The van der Waals surface area contributed by atoms with Gasteiger partial charge in [0.2, 0.25) is 0 Å². The first-order valence-electron chi connectivity index (χ1n) is 13.6. The number of hydrogen-bond donors (Lipinski definition) is 0. The maximum atomic E-state index is 13.6. The number of nitrogens with zero attached hydrogens (tertiary/aromatic N) is 2. The molecule has 222 valence electrons. The summed E-state index contributed by atoms with van der Waals surface area (Å²) < 4.78 is 17.8. The zero-order valence-electron chi connectivity index (χ0n) is 24.4. The van der Waals surface area contributed by atoms with E-state index in [1.807, 2.05) is 6.07 Å². The van der Waals surface area contributed by atoms with E-state index >= 15 is 0 Å². The second kappa shape index (κ2) is 13.4. The zero-order chi connectivity index (χ0) is 30.4. The minimum Gasteiger partial charge on any atom is -0.495 e. The lowest BCUT2D eigenvalue weighted by molar-refractivity contribution is -0.122. The first kappa shape index (κ1) is 31.0. The van der Waals surface area contributed by atoms with Crippen molar-refractivity contribution in [2.45, 2.75) is 51.7 Å². The van der Waals surface area contributed by atoms with Crippen LogP contribution in [0.1, 0.15) is 61.1 Å². The molecule has 1 aliphatic rings. The molecule has 4 rings (SSSR count). The van der Waals surface area contributed by atoms with Gasteiger partial charge in [-0.15, -0.1) is 0 Å². The molecule has 0 fully saturated rings. The van der Waals surface area contributed by atoms with Crippen LogP contribution in [0.25, 0.3) is 11.1 Å². The van der Waals surface area contributed by atoms with Crippen molar-refractivity contribution in [1.29, 1.82) is 0 Å². The average molecular weight is 595 g/mol. The van der Waals surface area contributed by atoms with E-state index in [4.69, 9.17) is 30.6 Å². The van der Waals surface area contributed by atoms with Crippen LogP contribution in [0.4, 0.5) is 0 Å². The van der Waals surface area contributed by atoms with E-state index in [0.29, 0.717) is 46.1 Å². The Balaban J connectivity index is 1.65. The molecule has 10 heteroatoms. The third-order valence-electron chi connectivity index (χ3n) is 6.72. The van der Waals surface area contributed by atoms with Gasteiger partial charge in [0.1, 0.15) is 18.0 Å². The normalized spacial score (nSPS) is 13.7. The van der Waals surface area contributed by atoms with Gasteiger partial charge in [0.15, 0.2) is 5.78 Å². The number of ether oxygens (including phenoxy) is 3. The summed E-state index contributed by atoms with van der Waals surface area (Å²) in [7, 11) is 3.05. The summed E-state index contributed by atoms with van der Waals surface area (Å²) in [5.74, 6) is -0.225.